The van der Waals surface area contributed by atoms with Crippen LogP contribution in [-0.2, 0) is 4.79 Å². The molecule has 2 amide bonds. The summed E-state index contributed by atoms with van der Waals surface area (Å²) in [5, 5.41) is 16.3. The van der Waals surface area contributed by atoms with Crippen molar-refractivity contribution in [1.82, 2.24) is 26.1 Å². The van der Waals surface area contributed by atoms with Crippen LogP contribution in [-0.4, -0.2) is 48.2 Å². The molecule has 0 fully saturated rings. The molecule has 7 heteroatoms. The number of carbonyl (C=O) groups is 2. The summed E-state index contributed by atoms with van der Waals surface area (Å²) >= 11 is 0. The minimum Gasteiger partial charge on any atom is -0.355 e. The minimum absolute atomic E-state index is 0.0736. The topological polar surface area (TPSA) is 98.9 Å². The summed E-state index contributed by atoms with van der Waals surface area (Å²) in [5.74, 6) is -0.352. The van der Waals surface area contributed by atoms with Gasteiger partial charge in [0, 0.05) is 31.4 Å². The Balaban J connectivity index is 1.69. The van der Waals surface area contributed by atoms with Gasteiger partial charge in [-0.1, -0.05) is 25.1 Å². The first kappa shape index (κ1) is 17.0. The number of hydrogen-bond donors (Lipinski definition) is 4. The van der Waals surface area contributed by atoms with Gasteiger partial charge in [0.1, 0.15) is 0 Å². The maximum Gasteiger partial charge on any atom is 0.272 e. The SMILES string of the molecule is CCCNCCNC(=O)CCNC(=O)c1n[nH]c2ccccc12. The van der Waals surface area contributed by atoms with Crippen LogP contribution >= 0.6 is 0 Å². The molecule has 0 aliphatic rings. The van der Waals surface area contributed by atoms with Crippen LogP contribution in [0.5, 0.6) is 0 Å². The molecular weight excluding hydrogens is 294 g/mol. The molecule has 0 unspecified atom stereocenters. The first-order valence-corrected chi connectivity index (χ1v) is 7.91. The summed E-state index contributed by atoms with van der Waals surface area (Å²) < 4.78 is 0. The smallest absolute Gasteiger partial charge is 0.272 e. The summed E-state index contributed by atoms with van der Waals surface area (Å²) in [6.07, 6.45) is 1.32. The van der Waals surface area contributed by atoms with Gasteiger partial charge in [-0.15, -0.1) is 0 Å². The van der Waals surface area contributed by atoms with E-state index in [-0.39, 0.29) is 24.8 Å². The van der Waals surface area contributed by atoms with Gasteiger partial charge in [-0.25, -0.2) is 0 Å². The van der Waals surface area contributed by atoms with E-state index in [0.29, 0.717) is 12.2 Å². The molecule has 1 aromatic heterocycles. The molecule has 0 saturated carbocycles. The third-order valence-corrected chi connectivity index (χ3v) is 3.37. The Bertz CT molecular complexity index is 653. The number of aromatic nitrogens is 2. The first-order chi connectivity index (χ1) is 11.2. The van der Waals surface area contributed by atoms with Crippen molar-refractivity contribution in [3.05, 3.63) is 30.0 Å². The molecule has 0 aliphatic heterocycles. The van der Waals surface area contributed by atoms with Crippen LogP contribution in [0.15, 0.2) is 24.3 Å². The molecular formula is C16H23N5O2. The first-order valence-electron chi connectivity index (χ1n) is 7.91. The fraction of sp³-hybridized carbons (Fsp3) is 0.438. The number of hydrogen-bond acceptors (Lipinski definition) is 4. The van der Waals surface area contributed by atoms with Gasteiger partial charge in [-0.05, 0) is 19.0 Å². The molecule has 7 nitrogen and oxygen atoms in total. The fourth-order valence-electron chi connectivity index (χ4n) is 2.19. The van der Waals surface area contributed by atoms with Gasteiger partial charge < -0.3 is 16.0 Å². The number of carbonyl (C=O) groups excluding carboxylic acids is 2. The molecule has 2 aromatic rings. The van der Waals surface area contributed by atoms with E-state index in [9.17, 15) is 9.59 Å². The molecule has 0 radical (unpaired) electrons. The van der Waals surface area contributed by atoms with E-state index in [1.54, 1.807) is 0 Å². The molecule has 1 aromatic carbocycles. The van der Waals surface area contributed by atoms with Crippen LogP contribution in [0.2, 0.25) is 0 Å². The molecule has 2 rings (SSSR count). The molecule has 0 aliphatic carbocycles. The van der Waals surface area contributed by atoms with Crippen molar-refractivity contribution in [1.29, 1.82) is 0 Å². The van der Waals surface area contributed by atoms with Gasteiger partial charge in [0.25, 0.3) is 5.91 Å². The summed E-state index contributed by atoms with van der Waals surface area (Å²) in [5.41, 5.74) is 1.17. The monoisotopic (exact) mass is 317 g/mol. The number of para-hydroxylation sites is 1. The zero-order valence-corrected chi connectivity index (χ0v) is 13.3. The van der Waals surface area contributed by atoms with Crippen LogP contribution in [0, 0.1) is 0 Å². The summed E-state index contributed by atoms with van der Waals surface area (Å²) in [7, 11) is 0. The van der Waals surface area contributed by atoms with Crippen LogP contribution < -0.4 is 16.0 Å². The second kappa shape index (κ2) is 8.89. The second-order valence-corrected chi connectivity index (χ2v) is 5.22. The van der Waals surface area contributed by atoms with E-state index in [2.05, 4.69) is 33.1 Å². The largest absolute Gasteiger partial charge is 0.355 e. The van der Waals surface area contributed by atoms with E-state index in [0.717, 1.165) is 30.4 Å². The van der Waals surface area contributed by atoms with Gasteiger partial charge in [-0.3, -0.25) is 14.7 Å². The molecule has 4 N–H and O–H groups in total. The lowest BCUT2D eigenvalue weighted by Crippen LogP contribution is -2.34. The molecule has 0 spiro atoms. The molecule has 0 atom stereocenters. The number of H-pyrrole nitrogens is 1. The quantitative estimate of drug-likeness (QED) is 0.514. The standard InChI is InChI=1S/C16H23N5O2/c1-2-8-17-10-11-18-14(22)7-9-19-16(23)15-12-5-3-4-6-13(12)20-21-15/h3-6,17H,2,7-11H2,1H3,(H,18,22)(H,19,23)(H,20,21). The Labute approximate surface area is 135 Å². The molecule has 23 heavy (non-hydrogen) atoms. The highest BCUT2D eigenvalue weighted by molar-refractivity contribution is 6.04. The Hall–Kier alpha value is -2.41. The predicted molar refractivity (Wildman–Crippen MR) is 89.2 cm³/mol. The number of nitrogens with zero attached hydrogens (tertiary/aromatic N) is 1. The zero-order chi connectivity index (χ0) is 16.5. The highest BCUT2D eigenvalue weighted by atomic mass is 16.2. The number of aromatic amines is 1. The Kier molecular flexibility index (Phi) is 6.56. The van der Waals surface area contributed by atoms with Crippen molar-refractivity contribution in [3.8, 4) is 0 Å². The van der Waals surface area contributed by atoms with Gasteiger partial charge in [0.15, 0.2) is 5.69 Å². The summed E-state index contributed by atoms with van der Waals surface area (Å²) in [4.78, 5) is 23.7. The molecule has 0 saturated heterocycles. The highest BCUT2D eigenvalue weighted by Crippen LogP contribution is 2.14. The highest BCUT2D eigenvalue weighted by Gasteiger charge is 2.13. The van der Waals surface area contributed by atoms with Crippen molar-refractivity contribution in [3.63, 3.8) is 0 Å². The molecule has 124 valence electrons. The second-order valence-electron chi connectivity index (χ2n) is 5.22. The summed E-state index contributed by atoms with van der Waals surface area (Å²) in [6, 6.07) is 7.43. The number of fused-ring (bicyclic) bond motifs is 1. The van der Waals surface area contributed by atoms with Crippen molar-refractivity contribution in [2.45, 2.75) is 19.8 Å². The van der Waals surface area contributed by atoms with E-state index < -0.39 is 0 Å². The predicted octanol–water partition coefficient (Wildman–Crippen LogP) is 0.799. The normalized spacial score (nSPS) is 10.7. The third kappa shape index (κ3) is 5.07. The molecule has 1 heterocycles. The van der Waals surface area contributed by atoms with Crippen molar-refractivity contribution in [2.24, 2.45) is 0 Å². The maximum absolute atomic E-state index is 12.1. The van der Waals surface area contributed by atoms with Crippen LogP contribution in [0.3, 0.4) is 0 Å². The minimum atomic E-state index is -0.278. The van der Waals surface area contributed by atoms with Crippen LogP contribution in [0.4, 0.5) is 0 Å². The lowest BCUT2D eigenvalue weighted by Gasteiger charge is -2.06. The fourth-order valence-corrected chi connectivity index (χ4v) is 2.19. The van der Waals surface area contributed by atoms with Crippen LogP contribution in [0.25, 0.3) is 10.9 Å². The third-order valence-electron chi connectivity index (χ3n) is 3.37. The van der Waals surface area contributed by atoms with Crippen molar-refractivity contribution >= 4 is 22.7 Å². The Morgan fingerprint density at radius 3 is 2.74 bits per heavy atom. The van der Waals surface area contributed by atoms with Gasteiger partial charge >= 0.3 is 0 Å². The number of benzene rings is 1. The van der Waals surface area contributed by atoms with Crippen molar-refractivity contribution in [2.75, 3.05) is 26.2 Å². The van der Waals surface area contributed by atoms with E-state index in [1.165, 1.54) is 0 Å². The lowest BCUT2D eigenvalue weighted by atomic mass is 10.2. The van der Waals surface area contributed by atoms with E-state index in [1.807, 2.05) is 24.3 Å². The number of rotatable bonds is 9. The van der Waals surface area contributed by atoms with Crippen LogP contribution in [0.1, 0.15) is 30.3 Å². The Morgan fingerprint density at radius 1 is 1.09 bits per heavy atom. The average molecular weight is 317 g/mol. The van der Waals surface area contributed by atoms with E-state index in [4.69, 9.17) is 0 Å². The van der Waals surface area contributed by atoms with E-state index >= 15 is 0 Å². The number of amides is 2. The number of nitrogens with one attached hydrogen (secondary N) is 4. The van der Waals surface area contributed by atoms with Gasteiger partial charge in [0.2, 0.25) is 5.91 Å². The Morgan fingerprint density at radius 2 is 1.91 bits per heavy atom. The summed E-state index contributed by atoms with van der Waals surface area (Å²) in [6.45, 7) is 4.68. The average Bonchev–Trinajstić information content (AvgIpc) is 2.98. The molecule has 0 bridgehead atoms. The van der Waals surface area contributed by atoms with Gasteiger partial charge in [-0.2, -0.15) is 5.10 Å². The lowest BCUT2D eigenvalue weighted by molar-refractivity contribution is -0.120. The van der Waals surface area contributed by atoms with Crippen molar-refractivity contribution < 1.29 is 9.59 Å². The van der Waals surface area contributed by atoms with Gasteiger partial charge in [0.05, 0.1) is 5.52 Å². The maximum atomic E-state index is 12.1. The zero-order valence-electron chi connectivity index (χ0n) is 13.3.